The van der Waals surface area contributed by atoms with Crippen LogP contribution in [-0.2, 0) is 6.54 Å². The van der Waals surface area contributed by atoms with E-state index in [1.807, 2.05) is 0 Å². The molecule has 0 radical (unpaired) electrons. The molecule has 0 bridgehead atoms. The molecular weight excluding hydrogens is 246 g/mol. The molecule has 1 heterocycles. The molecule has 100 valence electrons. The smallest absolute Gasteiger partial charge is 0.255 e. The predicted molar refractivity (Wildman–Crippen MR) is 69.3 cm³/mol. The number of H-pyrrole nitrogens is 1. The first-order valence-corrected chi connectivity index (χ1v) is 5.73. The van der Waals surface area contributed by atoms with Gasteiger partial charge in [-0.25, -0.2) is 4.98 Å². The third kappa shape index (κ3) is 3.04. The molecule has 6 nitrogen and oxygen atoms in total. The number of ether oxygens (including phenoxy) is 2. The van der Waals surface area contributed by atoms with Crippen molar-refractivity contribution < 1.29 is 14.3 Å². The maximum absolute atomic E-state index is 12.1. The second-order valence-electron chi connectivity index (χ2n) is 3.78. The quantitative estimate of drug-likeness (QED) is 0.852. The van der Waals surface area contributed by atoms with Crippen LogP contribution in [0.3, 0.4) is 0 Å². The van der Waals surface area contributed by atoms with Crippen LogP contribution in [0.1, 0.15) is 16.2 Å². The van der Waals surface area contributed by atoms with E-state index in [-0.39, 0.29) is 5.91 Å². The lowest BCUT2D eigenvalue weighted by Gasteiger charge is -2.10. The maximum atomic E-state index is 12.1. The highest BCUT2D eigenvalue weighted by Crippen LogP contribution is 2.23. The summed E-state index contributed by atoms with van der Waals surface area (Å²) in [6.45, 7) is 0.326. The Bertz CT molecular complexity index is 552. The Labute approximate surface area is 110 Å². The zero-order valence-corrected chi connectivity index (χ0v) is 10.8. The lowest BCUT2D eigenvalue weighted by molar-refractivity contribution is 0.0946. The summed E-state index contributed by atoms with van der Waals surface area (Å²) >= 11 is 0. The van der Waals surface area contributed by atoms with Crippen molar-refractivity contribution in [1.29, 1.82) is 0 Å². The fraction of sp³-hybridized carbons (Fsp3) is 0.231. The number of hydrogen-bond donors (Lipinski definition) is 2. The first kappa shape index (κ1) is 12.9. The highest BCUT2D eigenvalue weighted by atomic mass is 16.5. The molecule has 19 heavy (non-hydrogen) atoms. The van der Waals surface area contributed by atoms with Gasteiger partial charge in [0.25, 0.3) is 5.91 Å². The normalized spacial score (nSPS) is 10.0. The zero-order chi connectivity index (χ0) is 13.7. The Morgan fingerprint density at radius 3 is 2.84 bits per heavy atom. The van der Waals surface area contributed by atoms with Gasteiger partial charge in [0.15, 0.2) is 0 Å². The summed E-state index contributed by atoms with van der Waals surface area (Å²) in [5.41, 5.74) is 0.424. The van der Waals surface area contributed by atoms with Crippen molar-refractivity contribution in [3.8, 4) is 11.5 Å². The van der Waals surface area contributed by atoms with Crippen LogP contribution < -0.4 is 14.8 Å². The SMILES string of the molecule is COc1ccc(OC)c(C(=O)NCc2ncc[nH]2)c1. The number of rotatable bonds is 5. The van der Waals surface area contributed by atoms with Crippen molar-refractivity contribution in [2.24, 2.45) is 0 Å². The van der Waals surface area contributed by atoms with Crippen molar-refractivity contribution >= 4 is 5.91 Å². The summed E-state index contributed by atoms with van der Waals surface area (Å²) in [7, 11) is 3.07. The molecule has 6 heteroatoms. The summed E-state index contributed by atoms with van der Waals surface area (Å²) in [6.07, 6.45) is 3.33. The maximum Gasteiger partial charge on any atom is 0.255 e. The van der Waals surface area contributed by atoms with E-state index in [1.165, 1.54) is 7.11 Å². The molecule has 0 unspecified atom stereocenters. The third-order valence-corrected chi connectivity index (χ3v) is 2.62. The summed E-state index contributed by atoms with van der Waals surface area (Å²) in [5.74, 6) is 1.55. The van der Waals surface area contributed by atoms with E-state index in [0.717, 1.165) is 0 Å². The molecule has 0 aliphatic carbocycles. The van der Waals surface area contributed by atoms with E-state index < -0.39 is 0 Å². The zero-order valence-electron chi connectivity index (χ0n) is 10.8. The number of aromatic amines is 1. The monoisotopic (exact) mass is 261 g/mol. The Morgan fingerprint density at radius 1 is 1.37 bits per heavy atom. The van der Waals surface area contributed by atoms with Crippen LogP contribution in [0, 0.1) is 0 Å². The Balaban J connectivity index is 2.12. The standard InChI is InChI=1S/C13H15N3O3/c1-18-9-3-4-11(19-2)10(7-9)13(17)16-8-12-14-5-6-15-12/h3-7H,8H2,1-2H3,(H,14,15)(H,16,17). The Hall–Kier alpha value is -2.50. The number of carbonyl (C=O) groups excluding carboxylic acids is 1. The Morgan fingerprint density at radius 2 is 2.21 bits per heavy atom. The molecule has 0 atom stereocenters. The van der Waals surface area contributed by atoms with Crippen molar-refractivity contribution in [2.75, 3.05) is 14.2 Å². The number of methoxy groups -OCH3 is 2. The van der Waals surface area contributed by atoms with Crippen LogP contribution >= 0.6 is 0 Å². The molecule has 0 spiro atoms. The highest BCUT2D eigenvalue weighted by molar-refractivity contribution is 5.97. The second-order valence-corrected chi connectivity index (χ2v) is 3.78. The van der Waals surface area contributed by atoms with Crippen LogP contribution in [0.5, 0.6) is 11.5 Å². The van der Waals surface area contributed by atoms with Crippen LogP contribution in [0.2, 0.25) is 0 Å². The molecule has 1 aromatic carbocycles. The van der Waals surface area contributed by atoms with E-state index in [9.17, 15) is 4.79 Å². The predicted octanol–water partition coefficient (Wildman–Crippen LogP) is 1.36. The summed E-state index contributed by atoms with van der Waals surface area (Å²) < 4.78 is 10.3. The lowest BCUT2D eigenvalue weighted by Crippen LogP contribution is -2.24. The molecule has 2 rings (SSSR count). The van der Waals surface area contributed by atoms with Crippen LogP contribution in [0.25, 0.3) is 0 Å². The third-order valence-electron chi connectivity index (χ3n) is 2.62. The molecular formula is C13H15N3O3. The van der Waals surface area contributed by atoms with Gasteiger partial charge in [-0.3, -0.25) is 4.79 Å². The topological polar surface area (TPSA) is 76.2 Å². The fourth-order valence-corrected chi connectivity index (χ4v) is 1.65. The van der Waals surface area contributed by atoms with Gasteiger partial charge in [0.05, 0.1) is 26.3 Å². The molecule has 1 amide bonds. The lowest BCUT2D eigenvalue weighted by atomic mass is 10.1. The number of carbonyl (C=O) groups is 1. The van der Waals surface area contributed by atoms with Crippen molar-refractivity contribution in [3.63, 3.8) is 0 Å². The number of benzene rings is 1. The van der Waals surface area contributed by atoms with Crippen LogP contribution in [0.4, 0.5) is 0 Å². The minimum atomic E-state index is -0.243. The van der Waals surface area contributed by atoms with E-state index in [2.05, 4.69) is 15.3 Å². The number of aromatic nitrogens is 2. The van der Waals surface area contributed by atoms with Crippen molar-refractivity contribution in [2.45, 2.75) is 6.54 Å². The van der Waals surface area contributed by atoms with Gasteiger partial charge >= 0.3 is 0 Å². The average Bonchev–Trinajstić information content (AvgIpc) is 2.97. The molecule has 0 saturated heterocycles. The fourth-order valence-electron chi connectivity index (χ4n) is 1.65. The van der Waals surface area contributed by atoms with E-state index in [4.69, 9.17) is 9.47 Å². The Kier molecular flexibility index (Phi) is 4.02. The molecule has 0 fully saturated rings. The number of nitrogens with zero attached hydrogens (tertiary/aromatic N) is 1. The van der Waals surface area contributed by atoms with Crippen molar-refractivity contribution in [3.05, 3.63) is 42.0 Å². The first-order chi connectivity index (χ1) is 9.24. The van der Waals surface area contributed by atoms with Crippen LogP contribution in [-0.4, -0.2) is 30.1 Å². The molecule has 0 saturated carbocycles. The molecule has 1 aromatic heterocycles. The number of hydrogen-bond acceptors (Lipinski definition) is 4. The first-order valence-electron chi connectivity index (χ1n) is 5.73. The average molecular weight is 261 g/mol. The molecule has 0 aliphatic heterocycles. The number of amides is 1. The molecule has 2 N–H and O–H groups in total. The van der Waals surface area contributed by atoms with Gasteiger partial charge in [-0.1, -0.05) is 0 Å². The van der Waals surface area contributed by atoms with Gasteiger partial charge in [-0.2, -0.15) is 0 Å². The van der Waals surface area contributed by atoms with Gasteiger partial charge in [0.2, 0.25) is 0 Å². The molecule has 2 aromatic rings. The highest BCUT2D eigenvalue weighted by Gasteiger charge is 2.13. The second kappa shape index (κ2) is 5.90. The number of nitrogens with one attached hydrogen (secondary N) is 2. The van der Waals surface area contributed by atoms with Gasteiger partial charge in [0, 0.05) is 12.4 Å². The van der Waals surface area contributed by atoms with Crippen molar-refractivity contribution in [1.82, 2.24) is 15.3 Å². The summed E-state index contributed by atoms with van der Waals surface area (Å²) in [4.78, 5) is 19.0. The minimum absolute atomic E-state index is 0.243. The minimum Gasteiger partial charge on any atom is -0.497 e. The number of imidazole rings is 1. The van der Waals surface area contributed by atoms with Gasteiger partial charge in [-0.15, -0.1) is 0 Å². The summed E-state index contributed by atoms with van der Waals surface area (Å²) in [6, 6.07) is 5.07. The van der Waals surface area contributed by atoms with Gasteiger partial charge in [0.1, 0.15) is 17.3 Å². The van der Waals surface area contributed by atoms with Crippen LogP contribution in [0.15, 0.2) is 30.6 Å². The van der Waals surface area contributed by atoms with E-state index in [1.54, 1.807) is 37.7 Å². The van der Waals surface area contributed by atoms with Gasteiger partial charge in [-0.05, 0) is 18.2 Å². The van der Waals surface area contributed by atoms with Gasteiger partial charge < -0.3 is 19.8 Å². The van der Waals surface area contributed by atoms with E-state index >= 15 is 0 Å². The largest absolute Gasteiger partial charge is 0.497 e. The molecule has 0 aliphatic rings. The summed E-state index contributed by atoms with van der Waals surface area (Å²) in [5, 5.41) is 2.76. The van der Waals surface area contributed by atoms with E-state index in [0.29, 0.717) is 29.4 Å².